The second-order valence-corrected chi connectivity index (χ2v) is 4.68. The molecular formula is C10H18N2O. The van der Waals surface area contributed by atoms with Gasteiger partial charge in [0.2, 0.25) is 5.91 Å². The van der Waals surface area contributed by atoms with Crippen LogP contribution in [0.4, 0.5) is 0 Å². The molecule has 2 fully saturated rings. The fourth-order valence-electron chi connectivity index (χ4n) is 1.72. The lowest BCUT2D eigenvalue weighted by atomic mass is 10.1. The van der Waals surface area contributed by atoms with Crippen LogP contribution in [-0.4, -0.2) is 25.0 Å². The maximum atomic E-state index is 11.5. The molecule has 0 aromatic heterocycles. The first-order valence-corrected chi connectivity index (χ1v) is 5.21. The van der Waals surface area contributed by atoms with Gasteiger partial charge in [0.1, 0.15) is 0 Å². The van der Waals surface area contributed by atoms with Crippen molar-refractivity contribution in [2.24, 2.45) is 5.41 Å². The fraction of sp³-hybridized carbons (Fsp3) is 0.900. The number of carbonyl (C=O) groups is 1. The van der Waals surface area contributed by atoms with Crippen molar-refractivity contribution in [3.63, 3.8) is 0 Å². The molecule has 0 aromatic rings. The van der Waals surface area contributed by atoms with Gasteiger partial charge in [-0.1, -0.05) is 6.92 Å². The summed E-state index contributed by atoms with van der Waals surface area (Å²) in [5.74, 6) is 0.200. The Morgan fingerprint density at radius 1 is 1.62 bits per heavy atom. The second kappa shape index (κ2) is 3.29. The Balaban J connectivity index is 1.71. The van der Waals surface area contributed by atoms with E-state index in [1.54, 1.807) is 0 Å². The molecule has 0 aromatic carbocycles. The molecule has 0 spiro atoms. The third-order valence-corrected chi connectivity index (χ3v) is 3.17. The van der Waals surface area contributed by atoms with E-state index in [1.807, 2.05) is 0 Å². The summed E-state index contributed by atoms with van der Waals surface area (Å²) in [7, 11) is 0. The second-order valence-electron chi connectivity index (χ2n) is 4.68. The van der Waals surface area contributed by atoms with Crippen LogP contribution in [0.2, 0.25) is 0 Å². The van der Waals surface area contributed by atoms with Gasteiger partial charge < -0.3 is 10.6 Å². The first-order valence-electron chi connectivity index (χ1n) is 5.21. The first-order chi connectivity index (χ1) is 6.20. The molecule has 0 bridgehead atoms. The van der Waals surface area contributed by atoms with E-state index in [1.165, 1.54) is 12.8 Å². The quantitative estimate of drug-likeness (QED) is 0.673. The van der Waals surface area contributed by atoms with E-state index < -0.39 is 0 Å². The van der Waals surface area contributed by atoms with Crippen molar-refractivity contribution >= 4 is 5.91 Å². The largest absolute Gasteiger partial charge is 0.354 e. The van der Waals surface area contributed by atoms with Crippen LogP contribution in [0.25, 0.3) is 0 Å². The van der Waals surface area contributed by atoms with Gasteiger partial charge in [-0.25, -0.2) is 0 Å². The van der Waals surface area contributed by atoms with E-state index in [9.17, 15) is 4.79 Å². The summed E-state index contributed by atoms with van der Waals surface area (Å²) in [6.45, 7) is 4.09. The molecule has 1 aliphatic carbocycles. The van der Waals surface area contributed by atoms with Crippen LogP contribution in [0.15, 0.2) is 0 Å². The van der Waals surface area contributed by atoms with Gasteiger partial charge in [0.25, 0.3) is 0 Å². The molecule has 0 radical (unpaired) electrons. The zero-order chi connectivity index (χ0) is 9.31. The summed E-state index contributed by atoms with van der Waals surface area (Å²) in [6.07, 6.45) is 4.68. The van der Waals surface area contributed by atoms with E-state index in [2.05, 4.69) is 17.6 Å². The van der Waals surface area contributed by atoms with Gasteiger partial charge in [0.15, 0.2) is 0 Å². The highest BCUT2D eigenvalue weighted by Gasteiger charge is 2.37. The lowest BCUT2D eigenvalue weighted by molar-refractivity contribution is -0.123. The Hall–Kier alpha value is -0.570. The van der Waals surface area contributed by atoms with Crippen LogP contribution in [0.3, 0.4) is 0 Å². The predicted octanol–water partition coefficient (Wildman–Crippen LogP) is 0.655. The van der Waals surface area contributed by atoms with E-state index >= 15 is 0 Å². The molecule has 1 amide bonds. The zero-order valence-corrected chi connectivity index (χ0v) is 8.23. The van der Waals surface area contributed by atoms with Crippen LogP contribution in [0, 0.1) is 5.41 Å². The van der Waals surface area contributed by atoms with Crippen molar-refractivity contribution < 1.29 is 4.79 Å². The van der Waals surface area contributed by atoms with Gasteiger partial charge in [-0.2, -0.15) is 0 Å². The van der Waals surface area contributed by atoms with Gasteiger partial charge in [0, 0.05) is 6.54 Å². The van der Waals surface area contributed by atoms with Gasteiger partial charge in [-0.15, -0.1) is 0 Å². The molecule has 2 N–H and O–H groups in total. The van der Waals surface area contributed by atoms with E-state index in [-0.39, 0.29) is 11.9 Å². The molecule has 2 aliphatic rings. The zero-order valence-electron chi connectivity index (χ0n) is 8.23. The van der Waals surface area contributed by atoms with Gasteiger partial charge in [0.05, 0.1) is 6.04 Å². The number of carbonyl (C=O) groups excluding carboxylic acids is 1. The molecule has 1 saturated heterocycles. The van der Waals surface area contributed by atoms with Crippen LogP contribution in [0.5, 0.6) is 0 Å². The van der Waals surface area contributed by atoms with Crippen molar-refractivity contribution in [2.75, 3.05) is 13.1 Å². The molecule has 3 nitrogen and oxygen atoms in total. The van der Waals surface area contributed by atoms with Crippen molar-refractivity contribution in [1.82, 2.24) is 10.6 Å². The number of hydrogen-bond acceptors (Lipinski definition) is 2. The molecule has 1 aliphatic heterocycles. The average molecular weight is 182 g/mol. The molecule has 74 valence electrons. The molecule has 13 heavy (non-hydrogen) atoms. The van der Waals surface area contributed by atoms with E-state index in [0.29, 0.717) is 5.41 Å². The Kier molecular flexibility index (Phi) is 2.28. The monoisotopic (exact) mass is 182 g/mol. The molecule has 2 rings (SSSR count). The van der Waals surface area contributed by atoms with Gasteiger partial charge >= 0.3 is 0 Å². The van der Waals surface area contributed by atoms with E-state index in [0.717, 1.165) is 25.9 Å². The molecule has 1 saturated carbocycles. The Morgan fingerprint density at radius 2 is 2.38 bits per heavy atom. The third-order valence-electron chi connectivity index (χ3n) is 3.17. The van der Waals surface area contributed by atoms with Crippen molar-refractivity contribution in [3.8, 4) is 0 Å². The number of nitrogens with one attached hydrogen (secondary N) is 2. The Labute approximate surface area is 79.3 Å². The minimum Gasteiger partial charge on any atom is -0.354 e. The molecule has 0 unspecified atom stereocenters. The van der Waals surface area contributed by atoms with Gasteiger partial charge in [-0.05, 0) is 37.6 Å². The topological polar surface area (TPSA) is 41.1 Å². The maximum Gasteiger partial charge on any atom is 0.237 e. The highest BCUT2D eigenvalue weighted by Crippen LogP contribution is 2.44. The predicted molar refractivity (Wildman–Crippen MR) is 51.4 cm³/mol. The van der Waals surface area contributed by atoms with Crippen molar-refractivity contribution in [1.29, 1.82) is 0 Å². The fourth-order valence-corrected chi connectivity index (χ4v) is 1.72. The molecule has 1 heterocycles. The third kappa shape index (κ3) is 2.21. The maximum absolute atomic E-state index is 11.5. The van der Waals surface area contributed by atoms with Crippen LogP contribution in [-0.2, 0) is 4.79 Å². The highest BCUT2D eigenvalue weighted by atomic mass is 16.2. The molecule has 1 atom stereocenters. The molecular weight excluding hydrogens is 164 g/mol. The average Bonchev–Trinajstić information content (AvgIpc) is 2.69. The summed E-state index contributed by atoms with van der Waals surface area (Å²) in [6, 6.07) is 0.0855. The van der Waals surface area contributed by atoms with Crippen LogP contribution < -0.4 is 10.6 Å². The summed E-state index contributed by atoms with van der Waals surface area (Å²) in [5.41, 5.74) is 0.425. The van der Waals surface area contributed by atoms with Gasteiger partial charge in [-0.3, -0.25) is 4.79 Å². The van der Waals surface area contributed by atoms with Crippen LogP contribution in [0.1, 0.15) is 32.6 Å². The summed E-state index contributed by atoms with van der Waals surface area (Å²) in [4.78, 5) is 11.5. The lowest BCUT2D eigenvalue weighted by Crippen LogP contribution is -2.42. The van der Waals surface area contributed by atoms with E-state index in [4.69, 9.17) is 0 Å². The van der Waals surface area contributed by atoms with Crippen molar-refractivity contribution in [3.05, 3.63) is 0 Å². The standard InChI is InChI=1S/C10H18N2O/c1-10(4-5-10)7-12-9(13)8-3-2-6-11-8/h8,11H,2-7H2,1H3,(H,12,13)/t8-/m1/s1. The highest BCUT2D eigenvalue weighted by molar-refractivity contribution is 5.82. The number of amides is 1. The Morgan fingerprint density at radius 3 is 2.92 bits per heavy atom. The SMILES string of the molecule is CC1(CNC(=O)[C@H]2CCCN2)CC1. The normalized spacial score (nSPS) is 30.1. The molecule has 3 heteroatoms. The number of hydrogen-bond donors (Lipinski definition) is 2. The Bertz CT molecular complexity index is 205. The summed E-state index contributed by atoms with van der Waals surface area (Å²) in [5, 5.41) is 6.23. The summed E-state index contributed by atoms with van der Waals surface area (Å²) < 4.78 is 0. The minimum absolute atomic E-state index is 0.0855. The minimum atomic E-state index is 0.0855. The first kappa shape index (κ1) is 9.00. The van der Waals surface area contributed by atoms with Crippen LogP contribution >= 0.6 is 0 Å². The van der Waals surface area contributed by atoms with Crippen molar-refractivity contribution in [2.45, 2.75) is 38.6 Å². The lowest BCUT2D eigenvalue weighted by Gasteiger charge is -2.13. The smallest absolute Gasteiger partial charge is 0.237 e. The number of rotatable bonds is 3. The summed E-state index contributed by atoms with van der Waals surface area (Å²) >= 11 is 0.